The number of phenolic OH excluding ortho intramolecular Hbond substituents is 1. The van der Waals surface area contributed by atoms with Crippen LogP contribution in [0, 0.1) is 6.92 Å². The van der Waals surface area contributed by atoms with Gasteiger partial charge < -0.3 is 29.2 Å². The van der Waals surface area contributed by atoms with Crippen molar-refractivity contribution in [2.45, 2.75) is 36.5 Å². The zero-order chi connectivity index (χ0) is 22.0. The van der Waals surface area contributed by atoms with E-state index in [4.69, 9.17) is 10.5 Å². The molecule has 0 aliphatic rings. The third-order valence-corrected chi connectivity index (χ3v) is 6.01. The van der Waals surface area contributed by atoms with Crippen LogP contribution in [-0.2, 0) is 23.0 Å². The molecule has 0 aromatic heterocycles. The molecule has 162 valence electrons. The van der Waals surface area contributed by atoms with Crippen LogP contribution in [-0.4, -0.2) is 44.9 Å². The summed E-state index contributed by atoms with van der Waals surface area (Å²) in [5, 5.41) is 10.4. The van der Waals surface area contributed by atoms with E-state index >= 15 is 0 Å². The Morgan fingerprint density at radius 3 is 2.07 bits per heavy atom. The van der Waals surface area contributed by atoms with Crippen LogP contribution in [0.4, 0.5) is 0 Å². The summed E-state index contributed by atoms with van der Waals surface area (Å²) in [4.78, 5) is -0.517. The predicted octanol–water partition coefficient (Wildman–Crippen LogP) is 3.02. The van der Waals surface area contributed by atoms with Crippen LogP contribution in [0.3, 0.4) is 0 Å². The fraction of sp³-hybridized carbons (Fsp3) is 0.333. The van der Waals surface area contributed by atoms with E-state index in [1.165, 1.54) is 31.2 Å². The monoisotopic (exact) mass is 447 g/mol. The highest BCUT2D eigenvalue weighted by Crippen LogP contribution is 2.46. The Kier molecular flexibility index (Phi) is 7.17. The maximum absolute atomic E-state index is 11.7. The fourth-order valence-corrected chi connectivity index (χ4v) is 4.14. The molecule has 2 aromatic carbocycles. The van der Waals surface area contributed by atoms with Gasteiger partial charge in [0.05, 0.1) is 9.79 Å². The van der Waals surface area contributed by atoms with Gasteiger partial charge >= 0.3 is 0 Å². The summed E-state index contributed by atoms with van der Waals surface area (Å²) in [5.74, 6) is 0.209. The van der Waals surface area contributed by atoms with Crippen LogP contribution in [0.15, 0.2) is 34.1 Å². The molecule has 7 N–H and O–H groups in total. The minimum absolute atomic E-state index is 0.0632. The van der Waals surface area contributed by atoms with E-state index in [1.54, 1.807) is 6.92 Å². The van der Waals surface area contributed by atoms with E-state index in [1.807, 2.05) is 0 Å². The van der Waals surface area contributed by atoms with Crippen LogP contribution in [0.2, 0.25) is 0 Å². The molecule has 2 rings (SSSR count). The van der Waals surface area contributed by atoms with Gasteiger partial charge in [-0.2, -0.15) is 8.42 Å². The molecule has 0 bridgehead atoms. The molecule has 0 fully saturated rings. The average molecular weight is 448 g/mol. The highest BCUT2D eigenvalue weighted by molar-refractivity contribution is 8.19. The minimum Gasteiger partial charge on any atom is -0.507 e. The standard InChI is InChI=1S/C18H25NO8S2/c1-3-12-8-16(29(24,25)26)10-14(18(12)27-5-4-19)7-13-9-15(28(21,22)23)6-11(2)17(13)20/h6,8-10,20-23H,3-5,7,19H2,1-2H3,(H,24,25,26). The topological polar surface area (TPSA) is 171 Å². The minimum atomic E-state index is -4.50. The predicted molar refractivity (Wildman–Crippen MR) is 110 cm³/mol. The molecule has 11 heteroatoms. The van der Waals surface area contributed by atoms with Crippen molar-refractivity contribution in [3.05, 3.63) is 46.5 Å². The summed E-state index contributed by atoms with van der Waals surface area (Å²) in [5.41, 5.74) is 6.85. The van der Waals surface area contributed by atoms with Gasteiger partial charge in [-0.25, -0.2) is 0 Å². The van der Waals surface area contributed by atoms with E-state index in [-0.39, 0.29) is 46.2 Å². The molecule has 0 unspecified atom stereocenters. The second-order valence-electron chi connectivity index (χ2n) is 6.48. The summed E-state index contributed by atoms with van der Waals surface area (Å²) >= 11 is 0. The van der Waals surface area contributed by atoms with Crippen LogP contribution >= 0.6 is 10.9 Å². The number of aryl methyl sites for hydroxylation is 2. The molecule has 29 heavy (non-hydrogen) atoms. The second kappa shape index (κ2) is 8.88. The summed E-state index contributed by atoms with van der Waals surface area (Å²) in [6, 6.07) is 4.98. The Morgan fingerprint density at radius 1 is 0.966 bits per heavy atom. The number of phenols is 1. The number of benzene rings is 2. The van der Waals surface area contributed by atoms with Crippen LogP contribution in [0.1, 0.15) is 29.2 Å². The van der Waals surface area contributed by atoms with Gasteiger partial charge in [0.1, 0.15) is 29.0 Å². The molecule has 0 heterocycles. The molecule has 0 atom stereocenters. The first kappa shape index (κ1) is 23.4. The van der Waals surface area contributed by atoms with Gasteiger partial charge in [0.15, 0.2) is 0 Å². The molecule has 2 aromatic rings. The number of hydrogen-bond donors (Lipinski definition) is 6. The second-order valence-corrected chi connectivity index (χ2v) is 9.41. The first-order valence-corrected chi connectivity index (χ1v) is 11.6. The maximum atomic E-state index is 11.7. The number of aromatic hydroxyl groups is 1. The van der Waals surface area contributed by atoms with E-state index in [2.05, 4.69) is 0 Å². The van der Waals surface area contributed by atoms with Crippen molar-refractivity contribution in [2.75, 3.05) is 13.2 Å². The van der Waals surface area contributed by atoms with E-state index < -0.39 is 21.0 Å². The Hall–Kier alpha value is -1.86. The molecule has 0 aliphatic heterocycles. The zero-order valence-corrected chi connectivity index (χ0v) is 17.6. The Morgan fingerprint density at radius 2 is 1.55 bits per heavy atom. The van der Waals surface area contributed by atoms with Crippen molar-refractivity contribution in [2.24, 2.45) is 5.73 Å². The smallest absolute Gasteiger partial charge is 0.294 e. The molecule has 0 radical (unpaired) electrons. The van der Waals surface area contributed by atoms with Crippen molar-refractivity contribution in [1.29, 1.82) is 0 Å². The molecule has 9 nitrogen and oxygen atoms in total. The highest BCUT2D eigenvalue weighted by atomic mass is 32.3. The van der Waals surface area contributed by atoms with Crippen LogP contribution in [0.25, 0.3) is 0 Å². The third-order valence-electron chi connectivity index (χ3n) is 4.31. The lowest BCUT2D eigenvalue weighted by atomic mass is 9.98. The van der Waals surface area contributed by atoms with Gasteiger partial charge in [0.25, 0.3) is 10.1 Å². The van der Waals surface area contributed by atoms with Gasteiger partial charge in [0, 0.05) is 18.5 Å². The molecule has 0 amide bonds. The number of hydrogen-bond acceptors (Lipinski definition) is 8. The highest BCUT2D eigenvalue weighted by Gasteiger charge is 2.22. The maximum Gasteiger partial charge on any atom is 0.294 e. The lowest BCUT2D eigenvalue weighted by molar-refractivity contribution is 0.321. The summed E-state index contributed by atoms with van der Waals surface area (Å²) in [6.45, 7) is 3.68. The molecule has 0 spiro atoms. The lowest BCUT2D eigenvalue weighted by Gasteiger charge is -2.22. The third kappa shape index (κ3) is 5.60. The largest absolute Gasteiger partial charge is 0.507 e. The summed E-state index contributed by atoms with van der Waals surface area (Å²) in [7, 11) is -8.52. The van der Waals surface area contributed by atoms with Crippen molar-refractivity contribution in [3.63, 3.8) is 0 Å². The molecular weight excluding hydrogens is 422 g/mol. The Bertz CT molecular complexity index is 1000. The first-order chi connectivity index (χ1) is 13.4. The van der Waals surface area contributed by atoms with Crippen molar-refractivity contribution < 1.29 is 36.5 Å². The quantitative estimate of drug-likeness (QED) is 0.333. The van der Waals surface area contributed by atoms with E-state index in [0.29, 0.717) is 23.3 Å². The Labute approximate surface area is 171 Å². The van der Waals surface area contributed by atoms with Gasteiger partial charge in [-0.1, -0.05) is 6.92 Å². The lowest BCUT2D eigenvalue weighted by Crippen LogP contribution is -2.13. The van der Waals surface area contributed by atoms with Crippen molar-refractivity contribution >= 4 is 21.0 Å². The number of nitrogens with two attached hydrogens (primary N) is 1. The van der Waals surface area contributed by atoms with Gasteiger partial charge in [0.2, 0.25) is 0 Å². The summed E-state index contributed by atoms with van der Waals surface area (Å²) in [6.07, 6.45) is 0.338. The van der Waals surface area contributed by atoms with Gasteiger partial charge in [-0.3, -0.25) is 4.55 Å². The molecular formula is C18H25NO8S2. The zero-order valence-electron chi connectivity index (χ0n) is 16.0. The fourth-order valence-electron chi connectivity index (χ4n) is 2.93. The van der Waals surface area contributed by atoms with Crippen molar-refractivity contribution in [3.8, 4) is 11.5 Å². The summed E-state index contributed by atoms with van der Waals surface area (Å²) < 4.78 is 67.2. The first-order valence-electron chi connectivity index (χ1n) is 8.67. The number of rotatable bonds is 8. The normalized spacial score (nSPS) is 12.8. The molecule has 0 saturated carbocycles. The Balaban J connectivity index is 2.68. The van der Waals surface area contributed by atoms with E-state index in [9.17, 15) is 31.7 Å². The van der Waals surface area contributed by atoms with Gasteiger partial charge in [-0.05, 0) is 54.3 Å². The average Bonchev–Trinajstić information content (AvgIpc) is 2.61. The molecule has 0 aliphatic carbocycles. The van der Waals surface area contributed by atoms with E-state index in [0.717, 1.165) is 0 Å². The SMILES string of the molecule is CCc1cc(S(=O)(=O)O)cc(Cc2cc(S(O)(O)O)cc(C)c2O)c1OCCN. The number of ether oxygens (including phenoxy) is 1. The molecule has 0 saturated heterocycles. The van der Waals surface area contributed by atoms with Crippen LogP contribution < -0.4 is 10.5 Å². The van der Waals surface area contributed by atoms with Gasteiger partial charge in [-0.15, -0.1) is 0 Å². The van der Waals surface area contributed by atoms with Crippen molar-refractivity contribution in [1.82, 2.24) is 0 Å². The van der Waals surface area contributed by atoms with Crippen LogP contribution in [0.5, 0.6) is 11.5 Å².